The zero-order chi connectivity index (χ0) is 19.7. The molecule has 0 aromatic heterocycles. The molecular weight excluding hydrogens is 382 g/mol. The molecule has 0 bridgehead atoms. The number of halogens is 3. The molecule has 138 valence electrons. The maximum Gasteiger partial charge on any atom is 0.282 e. The number of aliphatic imine (C=N–C) groups is 1. The lowest BCUT2D eigenvalue weighted by Gasteiger charge is -2.18. The van der Waals surface area contributed by atoms with E-state index in [1.807, 2.05) is 0 Å². The monoisotopic (exact) mass is 394 g/mol. The minimum absolute atomic E-state index is 0.0828. The Kier molecular flexibility index (Phi) is 4.75. The molecule has 0 atom stereocenters. The number of carbonyl (C=O) groups excluding carboxylic acids is 1. The maximum atomic E-state index is 14.0. The van der Waals surface area contributed by atoms with Gasteiger partial charge >= 0.3 is 0 Å². The van der Waals surface area contributed by atoms with Gasteiger partial charge in [0.15, 0.2) is 0 Å². The lowest BCUT2D eigenvalue weighted by atomic mass is 10.1. The molecule has 3 nitrogen and oxygen atoms in total. The Morgan fingerprint density at radius 2 is 1.57 bits per heavy atom. The average molecular weight is 395 g/mol. The van der Waals surface area contributed by atoms with Gasteiger partial charge < -0.3 is 0 Å². The minimum Gasteiger partial charge on any atom is -0.266 e. The summed E-state index contributed by atoms with van der Waals surface area (Å²) >= 11 is 5.95. The molecule has 28 heavy (non-hydrogen) atoms. The molecule has 6 heteroatoms. The van der Waals surface area contributed by atoms with Crippen molar-refractivity contribution in [2.75, 3.05) is 4.90 Å². The fraction of sp³-hybridized carbons (Fsp3) is 0. The van der Waals surface area contributed by atoms with Crippen LogP contribution in [0.3, 0.4) is 0 Å². The molecule has 1 amide bonds. The standard InChI is InChI=1S/C22H13ClF2N2O/c23-16-7-11-18(12-8-16)27-21(14-5-9-17(24)10-6-14)26-20(22(27)28)13-15-3-1-2-4-19(15)25/h1-13H/b20-13+. The predicted molar refractivity (Wildman–Crippen MR) is 106 cm³/mol. The van der Waals surface area contributed by atoms with Crippen molar-refractivity contribution in [3.8, 4) is 0 Å². The molecule has 0 saturated carbocycles. The quantitative estimate of drug-likeness (QED) is 0.543. The van der Waals surface area contributed by atoms with Crippen LogP contribution in [0.4, 0.5) is 14.5 Å². The molecular formula is C22H13ClF2N2O. The first kappa shape index (κ1) is 18.1. The number of amidine groups is 1. The Hall–Kier alpha value is -3.31. The normalized spacial score (nSPS) is 15.2. The zero-order valence-electron chi connectivity index (χ0n) is 14.4. The van der Waals surface area contributed by atoms with Gasteiger partial charge in [0.2, 0.25) is 0 Å². The van der Waals surface area contributed by atoms with Crippen LogP contribution in [0.1, 0.15) is 11.1 Å². The lowest BCUT2D eigenvalue weighted by Crippen LogP contribution is -2.32. The third kappa shape index (κ3) is 3.44. The van der Waals surface area contributed by atoms with Crippen LogP contribution in [-0.4, -0.2) is 11.7 Å². The van der Waals surface area contributed by atoms with Gasteiger partial charge in [-0.15, -0.1) is 0 Å². The van der Waals surface area contributed by atoms with Crippen LogP contribution in [0.15, 0.2) is 83.5 Å². The van der Waals surface area contributed by atoms with E-state index in [2.05, 4.69) is 4.99 Å². The van der Waals surface area contributed by atoms with Crippen molar-refractivity contribution < 1.29 is 13.6 Å². The van der Waals surface area contributed by atoms with Gasteiger partial charge in [0.25, 0.3) is 5.91 Å². The molecule has 0 radical (unpaired) electrons. The number of amides is 1. The second-order valence-corrected chi connectivity index (χ2v) is 6.55. The Morgan fingerprint density at radius 3 is 2.25 bits per heavy atom. The molecule has 4 rings (SSSR count). The van der Waals surface area contributed by atoms with E-state index in [-0.39, 0.29) is 11.3 Å². The van der Waals surface area contributed by atoms with Gasteiger partial charge in [-0.3, -0.25) is 9.69 Å². The lowest BCUT2D eigenvalue weighted by molar-refractivity contribution is -0.113. The second-order valence-electron chi connectivity index (χ2n) is 6.11. The molecule has 1 aliphatic heterocycles. The molecule has 0 spiro atoms. The van der Waals surface area contributed by atoms with Crippen LogP contribution in [-0.2, 0) is 4.79 Å². The third-order valence-electron chi connectivity index (χ3n) is 4.25. The highest BCUT2D eigenvalue weighted by Crippen LogP contribution is 2.29. The summed E-state index contributed by atoms with van der Waals surface area (Å²) in [5.74, 6) is -0.931. The van der Waals surface area contributed by atoms with Crippen molar-refractivity contribution in [2.45, 2.75) is 0 Å². The molecule has 0 N–H and O–H groups in total. The van der Waals surface area contributed by atoms with Gasteiger partial charge in [-0.1, -0.05) is 29.8 Å². The molecule has 0 fully saturated rings. The van der Waals surface area contributed by atoms with E-state index in [0.717, 1.165) is 0 Å². The molecule has 1 aliphatic rings. The van der Waals surface area contributed by atoms with Crippen LogP contribution in [0.5, 0.6) is 0 Å². The summed E-state index contributed by atoms with van der Waals surface area (Å²) in [4.78, 5) is 18.9. The largest absolute Gasteiger partial charge is 0.282 e. The number of nitrogens with zero attached hydrogens (tertiary/aromatic N) is 2. The van der Waals surface area contributed by atoms with Gasteiger partial charge in [-0.25, -0.2) is 13.8 Å². The van der Waals surface area contributed by atoms with Crippen LogP contribution in [0, 0.1) is 11.6 Å². The van der Waals surface area contributed by atoms with Gasteiger partial charge in [0.05, 0.1) is 5.69 Å². The highest BCUT2D eigenvalue weighted by molar-refractivity contribution is 6.33. The highest BCUT2D eigenvalue weighted by Gasteiger charge is 2.32. The number of benzene rings is 3. The maximum absolute atomic E-state index is 14.0. The first-order valence-electron chi connectivity index (χ1n) is 8.44. The van der Waals surface area contributed by atoms with Gasteiger partial charge in [0, 0.05) is 16.1 Å². The Bertz CT molecular complexity index is 1110. The number of hydrogen-bond donors (Lipinski definition) is 0. The van der Waals surface area contributed by atoms with E-state index in [0.29, 0.717) is 22.1 Å². The summed E-state index contributed by atoms with van der Waals surface area (Å²) < 4.78 is 27.4. The van der Waals surface area contributed by atoms with Crippen molar-refractivity contribution in [1.82, 2.24) is 0 Å². The van der Waals surface area contributed by atoms with Crippen molar-refractivity contribution in [2.24, 2.45) is 4.99 Å². The van der Waals surface area contributed by atoms with E-state index in [4.69, 9.17) is 11.6 Å². The van der Waals surface area contributed by atoms with Gasteiger partial charge in [-0.05, 0) is 60.7 Å². The van der Waals surface area contributed by atoms with Crippen LogP contribution >= 0.6 is 11.6 Å². The van der Waals surface area contributed by atoms with Crippen LogP contribution in [0.2, 0.25) is 5.02 Å². The predicted octanol–water partition coefficient (Wildman–Crippen LogP) is 5.45. The number of anilines is 1. The van der Waals surface area contributed by atoms with E-state index >= 15 is 0 Å². The van der Waals surface area contributed by atoms with E-state index in [1.54, 1.807) is 42.5 Å². The summed E-state index contributed by atoms with van der Waals surface area (Å²) in [5, 5.41) is 0.526. The van der Waals surface area contributed by atoms with Crippen molar-refractivity contribution in [3.63, 3.8) is 0 Å². The van der Waals surface area contributed by atoms with E-state index in [9.17, 15) is 13.6 Å². The fourth-order valence-corrected chi connectivity index (χ4v) is 3.00. The van der Waals surface area contributed by atoms with Crippen LogP contribution < -0.4 is 4.90 Å². The SMILES string of the molecule is O=C1/C(=C\c2ccccc2F)N=C(c2ccc(F)cc2)N1c1ccc(Cl)cc1. The van der Waals surface area contributed by atoms with E-state index < -0.39 is 17.5 Å². The Morgan fingerprint density at radius 1 is 0.893 bits per heavy atom. The van der Waals surface area contributed by atoms with Crippen LogP contribution in [0.25, 0.3) is 6.08 Å². The summed E-state index contributed by atoms with van der Waals surface area (Å²) in [6.45, 7) is 0. The van der Waals surface area contributed by atoms with Gasteiger partial charge in [-0.2, -0.15) is 0 Å². The molecule has 3 aromatic rings. The Balaban J connectivity index is 1.84. The smallest absolute Gasteiger partial charge is 0.266 e. The van der Waals surface area contributed by atoms with Crippen molar-refractivity contribution in [1.29, 1.82) is 0 Å². The number of carbonyl (C=O) groups is 1. The van der Waals surface area contributed by atoms with Crippen molar-refractivity contribution in [3.05, 3.63) is 106 Å². The zero-order valence-corrected chi connectivity index (χ0v) is 15.2. The minimum atomic E-state index is -0.453. The fourth-order valence-electron chi connectivity index (χ4n) is 2.88. The first-order valence-corrected chi connectivity index (χ1v) is 8.81. The number of rotatable bonds is 3. The number of hydrogen-bond acceptors (Lipinski definition) is 2. The third-order valence-corrected chi connectivity index (χ3v) is 4.50. The second kappa shape index (κ2) is 7.37. The molecule has 0 unspecified atom stereocenters. The summed E-state index contributed by atoms with van der Waals surface area (Å²) in [6, 6.07) is 18.5. The first-order chi connectivity index (χ1) is 13.5. The average Bonchev–Trinajstić information content (AvgIpc) is 3.01. The topological polar surface area (TPSA) is 32.7 Å². The summed E-state index contributed by atoms with van der Waals surface area (Å²) in [6.07, 6.45) is 1.40. The highest BCUT2D eigenvalue weighted by atomic mass is 35.5. The molecule has 3 aromatic carbocycles. The molecule has 0 aliphatic carbocycles. The van der Waals surface area contributed by atoms with Crippen molar-refractivity contribution >= 4 is 35.1 Å². The summed E-state index contributed by atoms with van der Waals surface area (Å²) in [5.41, 5.74) is 1.45. The van der Waals surface area contributed by atoms with E-state index in [1.165, 1.54) is 41.3 Å². The van der Waals surface area contributed by atoms with Gasteiger partial charge in [0.1, 0.15) is 23.2 Å². The summed E-state index contributed by atoms with van der Waals surface area (Å²) in [7, 11) is 0. The Labute approximate surface area is 165 Å². The molecule has 1 heterocycles. The molecule has 0 saturated heterocycles.